The molecule has 0 spiro atoms. The zero-order valence-corrected chi connectivity index (χ0v) is 15.9. The molecule has 0 N–H and O–H groups in total. The zero-order valence-electron chi connectivity index (χ0n) is 14.9. The molecule has 23 heavy (non-hydrogen) atoms. The van der Waals surface area contributed by atoms with E-state index in [1.54, 1.807) is 0 Å². The first-order chi connectivity index (χ1) is 11.3. The molecule has 3 heteroatoms. The third-order valence-electron chi connectivity index (χ3n) is 4.91. The molecule has 0 aromatic carbocycles. The number of allylic oxidation sites excluding steroid dienone is 8. The van der Waals surface area contributed by atoms with Crippen LogP contribution < -0.4 is 0 Å². The smallest absolute Gasteiger partial charge is 0.345 e. The molecule has 0 amide bonds. The van der Waals surface area contributed by atoms with Crippen LogP contribution in [0.2, 0.25) is 12.1 Å². The van der Waals surface area contributed by atoms with Crippen LogP contribution in [0.15, 0.2) is 47.6 Å². The Morgan fingerprint density at radius 2 is 1.26 bits per heavy atom. The van der Waals surface area contributed by atoms with Crippen LogP contribution in [0.5, 0.6) is 0 Å². The van der Waals surface area contributed by atoms with Crippen molar-refractivity contribution in [3.63, 3.8) is 0 Å². The van der Waals surface area contributed by atoms with Crippen molar-refractivity contribution >= 4 is 8.56 Å². The molecule has 0 fully saturated rings. The highest BCUT2D eigenvalue weighted by molar-refractivity contribution is 6.68. The van der Waals surface area contributed by atoms with Crippen molar-refractivity contribution in [2.24, 2.45) is 0 Å². The molecule has 0 aromatic rings. The summed E-state index contributed by atoms with van der Waals surface area (Å²) in [5.74, 6) is 0. The summed E-state index contributed by atoms with van der Waals surface area (Å²) in [4.78, 5) is 0. The van der Waals surface area contributed by atoms with Gasteiger partial charge in [-0.25, -0.2) is 0 Å². The lowest BCUT2D eigenvalue weighted by atomic mass is 10.1. The normalized spacial score (nSPS) is 20.1. The quantitative estimate of drug-likeness (QED) is 0.569. The maximum Gasteiger partial charge on any atom is 0.345 e. The van der Waals surface area contributed by atoms with Crippen molar-refractivity contribution in [3.8, 4) is 0 Å². The summed E-state index contributed by atoms with van der Waals surface area (Å²) in [6, 6.07) is 1.98. The molecule has 0 aliphatic heterocycles. The summed E-state index contributed by atoms with van der Waals surface area (Å²) in [6.45, 7) is 0. The molecular formula is C20H32O2Si. The molecule has 0 unspecified atom stereocenters. The van der Waals surface area contributed by atoms with Crippen LogP contribution in [0, 0.1) is 0 Å². The summed E-state index contributed by atoms with van der Waals surface area (Å²) in [6.07, 6.45) is 23.5. The second-order valence-electron chi connectivity index (χ2n) is 6.67. The third-order valence-corrected chi connectivity index (χ3v) is 8.38. The van der Waals surface area contributed by atoms with Gasteiger partial charge in [-0.3, -0.25) is 0 Å². The predicted octanol–water partition coefficient (Wildman–Crippen LogP) is 5.83. The molecule has 0 heterocycles. The van der Waals surface area contributed by atoms with Gasteiger partial charge in [-0.1, -0.05) is 47.6 Å². The summed E-state index contributed by atoms with van der Waals surface area (Å²) < 4.78 is 12.0. The van der Waals surface area contributed by atoms with Crippen molar-refractivity contribution in [2.75, 3.05) is 14.2 Å². The van der Waals surface area contributed by atoms with Gasteiger partial charge in [0.15, 0.2) is 0 Å². The Morgan fingerprint density at radius 1 is 0.783 bits per heavy atom. The topological polar surface area (TPSA) is 18.5 Å². The molecule has 0 radical (unpaired) electrons. The average molecular weight is 333 g/mol. The molecule has 2 aliphatic carbocycles. The molecule has 0 saturated carbocycles. The largest absolute Gasteiger partial charge is 0.397 e. The summed E-state index contributed by atoms with van der Waals surface area (Å²) in [5, 5.41) is 0. The van der Waals surface area contributed by atoms with Crippen LogP contribution in [0.4, 0.5) is 0 Å². The molecule has 128 valence electrons. The van der Waals surface area contributed by atoms with Gasteiger partial charge in [-0.2, -0.15) is 0 Å². The fourth-order valence-electron chi connectivity index (χ4n) is 3.42. The van der Waals surface area contributed by atoms with E-state index in [-0.39, 0.29) is 0 Å². The summed E-state index contributed by atoms with van der Waals surface area (Å²) in [7, 11) is 1.48. The fourth-order valence-corrected chi connectivity index (χ4v) is 6.26. The van der Waals surface area contributed by atoms with Crippen molar-refractivity contribution in [1.82, 2.24) is 0 Å². The second kappa shape index (κ2) is 10.1. The van der Waals surface area contributed by atoms with Crippen molar-refractivity contribution in [3.05, 3.63) is 47.6 Å². The second-order valence-corrected chi connectivity index (χ2v) is 10.0. The molecule has 2 aliphatic rings. The fraction of sp³-hybridized carbons (Fsp3) is 0.600. The van der Waals surface area contributed by atoms with E-state index in [0.717, 1.165) is 12.1 Å². The van der Waals surface area contributed by atoms with Gasteiger partial charge < -0.3 is 8.85 Å². The van der Waals surface area contributed by atoms with Gasteiger partial charge in [-0.05, 0) is 51.4 Å². The maximum absolute atomic E-state index is 6.02. The van der Waals surface area contributed by atoms with Crippen LogP contribution in [-0.2, 0) is 8.85 Å². The highest BCUT2D eigenvalue weighted by Crippen LogP contribution is 2.31. The maximum atomic E-state index is 6.02. The molecular weight excluding hydrogens is 300 g/mol. The van der Waals surface area contributed by atoms with E-state index >= 15 is 0 Å². The number of hydrogen-bond donors (Lipinski definition) is 0. The Morgan fingerprint density at radius 3 is 1.70 bits per heavy atom. The Kier molecular flexibility index (Phi) is 8.07. The van der Waals surface area contributed by atoms with Crippen LogP contribution in [0.1, 0.15) is 51.4 Å². The van der Waals surface area contributed by atoms with Crippen LogP contribution >= 0.6 is 0 Å². The highest BCUT2D eigenvalue weighted by Gasteiger charge is 2.37. The van der Waals surface area contributed by atoms with E-state index in [1.165, 1.54) is 62.5 Å². The number of hydrogen-bond acceptors (Lipinski definition) is 2. The van der Waals surface area contributed by atoms with Gasteiger partial charge in [0.25, 0.3) is 0 Å². The van der Waals surface area contributed by atoms with Crippen LogP contribution in [-0.4, -0.2) is 22.8 Å². The van der Waals surface area contributed by atoms with Crippen LogP contribution in [0.25, 0.3) is 0 Å². The first-order valence-corrected chi connectivity index (χ1v) is 11.3. The molecule has 2 nitrogen and oxygen atoms in total. The average Bonchev–Trinajstić information content (AvgIpc) is 2.51. The zero-order chi connectivity index (χ0) is 16.4. The van der Waals surface area contributed by atoms with Gasteiger partial charge in [0.1, 0.15) is 0 Å². The third kappa shape index (κ3) is 6.25. The van der Waals surface area contributed by atoms with E-state index in [4.69, 9.17) is 8.85 Å². The number of rotatable bonds is 6. The minimum atomic E-state index is -2.20. The van der Waals surface area contributed by atoms with Gasteiger partial charge in [0.2, 0.25) is 0 Å². The molecule has 0 bridgehead atoms. The lowest BCUT2D eigenvalue weighted by Gasteiger charge is -2.30. The Labute approximate surface area is 143 Å². The minimum Gasteiger partial charge on any atom is -0.397 e. The highest BCUT2D eigenvalue weighted by atomic mass is 28.4. The minimum absolute atomic E-state index is 0.991. The van der Waals surface area contributed by atoms with Gasteiger partial charge in [0.05, 0.1) is 0 Å². The van der Waals surface area contributed by atoms with Gasteiger partial charge >= 0.3 is 8.56 Å². The Hall–Kier alpha value is -0.903. The molecule has 0 aromatic heterocycles. The first kappa shape index (κ1) is 18.4. The van der Waals surface area contributed by atoms with Gasteiger partial charge in [-0.15, -0.1) is 0 Å². The summed E-state index contributed by atoms with van der Waals surface area (Å²) >= 11 is 0. The van der Waals surface area contributed by atoms with Crippen molar-refractivity contribution in [1.29, 1.82) is 0 Å². The Bertz CT molecular complexity index is 430. The van der Waals surface area contributed by atoms with E-state index in [1.807, 2.05) is 14.2 Å². The van der Waals surface area contributed by atoms with Crippen LogP contribution in [0.3, 0.4) is 0 Å². The monoisotopic (exact) mass is 332 g/mol. The Balaban J connectivity index is 2.10. The van der Waals surface area contributed by atoms with E-state index in [2.05, 4.69) is 36.5 Å². The summed E-state index contributed by atoms with van der Waals surface area (Å²) in [5.41, 5.74) is 3.00. The first-order valence-electron chi connectivity index (χ1n) is 9.07. The SMILES string of the molecule is CO[Si](CC1=CC=CCCCC1)(CC1=CC=CCCCC1)OC. The van der Waals surface area contributed by atoms with Crippen molar-refractivity contribution in [2.45, 2.75) is 63.5 Å². The molecule has 0 atom stereocenters. The predicted molar refractivity (Wildman–Crippen MR) is 101 cm³/mol. The van der Waals surface area contributed by atoms with E-state index in [0.29, 0.717) is 0 Å². The van der Waals surface area contributed by atoms with E-state index in [9.17, 15) is 0 Å². The molecule has 2 rings (SSSR count). The standard InChI is InChI=1S/C20H32O2Si/c1-21-23(22-2,17-19-13-9-5-3-6-10-14-19)18-20-15-11-7-4-8-12-16-20/h5,7,9,11,13,15H,3-4,6,8,10,12,14,16-18H2,1-2H3. The van der Waals surface area contributed by atoms with Crippen molar-refractivity contribution < 1.29 is 8.85 Å². The van der Waals surface area contributed by atoms with E-state index < -0.39 is 8.56 Å². The lowest BCUT2D eigenvalue weighted by molar-refractivity contribution is 0.246. The molecule has 0 saturated heterocycles. The lowest BCUT2D eigenvalue weighted by Crippen LogP contribution is -2.40. The van der Waals surface area contributed by atoms with Gasteiger partial charge in [0, 0.05) is 26.3 Å².